The molecule has 0 heterocycles. The molecular weight excluding hydrogens is 267 g/mol. The summed E-state index contributed by atoms with van der Waals surface area (Å²) in [6.45, 7) is 1.69. The molecule has 0 fully saturated rings. The molecule has 4 nitrogen and oxygen atoms in total. The average Bonchev–Trinajstić information content (AvgIpc) is 2.34. The van der Waals surface area contributed by atoms with Crippen LogP contribution in [0.4, 0.5) is 15.8 Å². The fourth-order valence-corrected chi connectivity index (χ4v) is 2.96. The fraction of sp³-hybridized carbons (Fsp3) is 0.0769. The summed E-state index contributed by atoms with van der Waals surface area (Å²) < 4.78 is 39.9. The number of nitrogens with two attached hydrogens (primary N) is 1. The summed E-state index contributed by atoms with van der Waals surface area (Å²) in [5.41, 5.74) is 6.06. The van der Waals surface area contributed by atoms with Gasteiger partial charge in [0.15, 0.2) is 0 Å². The van der Waals surface area contributed by atoms with Gasteiger partial charge in [0, 0.05) is 6.07 Å². The van der Waals surface area contributed by atoms with Gasteiger partial charge in [0.2, 0.25) is 0 Å². The predicted octanol–water partition coefficient (Wildman–Crippen LogP) is 2.52. The lowest BCUT2D eigenvalue weighted by molar-refractivity contribution is 0.600. The molecule has 3 N–H and O–H groups in total. The Morgan fingerprint density at radius 1 is 1.16 bits per heavy atom. The first-order chi connectivity index (χ1) is 8.90. The van der Waals surface area contributed by atoms with Gasteiger partial charge in [-0.3, -0.25) is 4.72 Å². The number of benzene rings is 2. The van der Waals surface area contributed by atoms with Crippen LogP contribution >= 0.6 is 0 Å². The van der Waals surface area contributed by atoms with Crippen molar-refractivity contribution in [3.63, 3.8) is 0 Å². The molecule has 0 aromatic heterocycles. The van der Waals surface area contributed by atoms with E-state index in [-0.39, 0.29) is 16.3 Å². The Labute approximate surface area is 111 Å². The van der Waals surface area contributed by atoms with E-state index in [1.807, 2.05) is 0 Å². The second-order valence-electron chi connectivity index (χ2n) is 4.11. The summed E-state index contributed by atoms with van der Waals surface area (Å²) in [5, 5.41) is 0. The number of nitrogen functional groups attached to an aromatic ring is 1. The van der Waals surface area contributed by atoms with E-state index in [0.717, 1.165) is 6.07 Å². The smallest absolute Gasteiger partial charge is 0.262 e. The number of aryl methyl sites for hydroxylation is 1. The number of rotatable bonds is 3. The Morgan fingerprint density at radius 2 is 1.84 bits per heavy atom. The third-order valence-electron chi connectivity index (χ3n) is 2.64. The monoisotopic (exact) mass is 280 g/mol. The van der Waals surface area contributed by atoms with Crippen molar-refractivity contribution in [3.8, 4) is 0 Å². The van der Waals surface area contributed by atoms with E-state index in [1.54, 1.807) is 25.1 Å². The Morgan fingerprint density at radius 3 is 2.47 bits per heavy atom. The summed E-state index contributed by atoms with van der Waals surface area (Å²) >= 11 is 0. The van der Waals surface area contributed by atoms with Crippen LogP contribution in [0.5, 0.6) is 0 Å². The molecule has 2 aromatic rings. The number of nitrogens with one attached hydrogen (secondary N) is 1. The summed E-state index contributed by atoms with van der Waals surface area (Å²) in [5.74, 6) is -0.662. The second kappa shape index (κ2) is 4.89. The molecule has 2 aromatic carbocycles. The van der Waals surface area contributed by atoms with Crippen molar-refractivity contribution < 1.29 is 12.8 Å². The molecule has 100 valence electrons. The zero-order chi connectivity index (χ0) is 14.0. The third-order valence-corrected chi connectivity index (χ3v) is 4.18. The molecular formula is C13H13FN2O2S. The Hall–Kier alpha value is -2.08. The van der Waals surface area contributed by atoms with E-state index >= 15 is 0 Å². The minimum Gasteiger partial charge on any atom is -0.396 e. The van der Waals surface area contributed by atoms with Crippen LogP contribution in [0.3, 0.4) is 0 Å². The maximum Gasteiger partial charge on any atom is 0.262 e. The number of halogens is 1. The summed E-state index contributed by atoms with van der Waals surface area (Å²) in [6.07, 6.45) is 0. The third kappa shape index (κ3) is 2.85. The van der Waals surface area contributed by atoms with Gasteiger partial charge < -0.3 is 5.73 Å². The molecule has 0 bridgehead atoms. The van der Waals surface area contributed by atoms with Crippen molar-refractivity contribution in [2.45, 2.75) is 11.8 Å². The first-order valence-corrected chi connectivity index (χ1v) is 7.02. The minimum atomic E-state index is -3.73. The van der Waals surface area contributed by atoms with E-state index in [0.29, 0.717) is 5.56 Å². The Balaban J connectivity index is 2.37. The SMILES string of the molecule is Cc1ccccc1S(=O)(=O)Nc1ccc(N)c(F)c1. The standard InChI is InChI=1S/C13H13FN2O2S/c1-9-4-2-3-5-13(9)19(17,18)16-10-6-7-12(15)11(14)8-10/h2-8,16H,15H2,1H3. The molecule has 0 radical (unpaired) electrons. The highest BCUT2D eigenvalue weighted by Gasteiger charge is 2.16. The minimum absolute atomic E-state index is 0.0289. The van der Waals surface area contributed by atoms with Gasteiger partial charge in [-0.25, -0.2) is 12.8 Å². The maximum absolute atomic E-state index is 13.3. The van der Waals surface area contributed by atoms with Gasteiger partial charge in [-0.2, -0.15) is 0 Å². The lowest BCUT2D eigenvalue weighted by Crippen LogP contribution is -2.14. The molecule has 0 aliphatic rings. The van der Waals surface area contributed by atoms with Gasteiger partial charge in [0.25, 0.3) is 10.0 Å². The van der Waals surface area contributed by atoms with Crippen molar-refractivity contribution in [1.29, 1.82) is 0 Å². The summed E-state index contributed by atoms with van der Waals surface area (Å²) in [7, 11) is -3.73. The lowest BCUT2D eigenvalue weighted by Gasteiger charge is -2.10. The molecule has 0 aliphatic heterocycles. The molecule has 6 heteroatoms. The van der Waals surface area contributed by atoms with Crippen LogP contribution in [0.15, 0.2) is 47.4 Å². The van der Waals surface area contributed by atoms with Crippen molar-refractivity contribution in [1.82, 2.24) is 0 Å². The summed E-state index contributed by atoms with van der Waals surface area (Å²) in [6, 6.07) is 10.3. The normalized spacial score (nSPS) is 11.3. The Kier molecular flexibility index (Phi) is 3.44. The van der Waals surface area contributed by atoms with E-state index in [2.05, 4.69) is 4.72 Å². The topological polar surface area (TPSA) is 72.2 Å². The molecule has 0 saturated heterocycles. The van der Waals surface area contributed by atoms with Gasteiger partial charge in [-0.1, -0.05) is 18.2 Å². The quantitative estimate of drug-likeness (QED) is 0.848. The zero-order valence-electron chi connectivity index (χ0n) is 10.2. The first kappa shape index (κ1) is 13.4. The predicted molar refractivity (Wildman–Crippen MR) is 72.8 cm³/mol. The number of anilines is 2. The van der Waals surface area contributed by atoms with Crippen LogP contribution in [-0.4, -0.2) is 8.42 Å². The van der Waals surface area contributed by atoms with E-state index in [9.17, 15) is 12.8 Å². The molecule has 0 saturated carbocycles. The molecule has 2 rings (SSSR count). The number of hydrogen-bond donors (Lipinski definition) is 2. The highest BCUT2D eigenvalue weighted by molar-refractivity contribution is 7.92. The number of hydrogen-bond acceptors (Lipinski definition) is 3. The number of sulfonamides is 1. The summed E-state index contributed by atoms with van der Waals surface area (Å²) in [4.78, 5) is 0.159. The van der Waals surface area contributed by atoms with Crippen molar-refractivity contribution in [3.05, 3.63) is 53.8 Å². The molecule has 0 aliphatic carbocycles. The second-order valence-corrected chi connectivity index (χ2v) is 5.76. The van der Waals surface area contributed by atoms with Crippen LogP contribution in [-0.2, 0) is 10.0 Å². The van der Waals surface area contributed by atoms with Crippen LogP contribution < -0.4 is 10.5 Å². The Bertz CT molecular complexity index is 714. The van der Waals surface area contributed by atoms with Gasteiger partial charge in [-0.15, -0.1) is 0 Å². The molecule has 0 amide bonds. The van der Waals surface area contributed by atoms with Crippen LogP contribution in [0.2, 0.25) is 0 Å². The van der Waals surface area contributed by atoms with Gasteiger partial charge in [0.05, 0.1) is 16.3 Å². The van der Waals surface area contributed by atoms with E-state index in [1.165, 1.54) is 18.2 Å². The van der Waals surface area contributed by atoms with E-state index in [4.69, 9.17) is 5.73 Å². The fourth-order valence-electron chi connectivity index (χ4n) is 1.66. The zero-order valence-corrected chi connectivity index (χ0v) is 11.0. The molecule has 0 unspecified atom stereocenters. The molecule has 19 heavy (non-hydrogen) atoms. The van der Waals surface area contributed by atoms with Crippen molar-refractivity contribution in [2.24, 2.45) is 0 Å². The van der Waals surface area contributed by atoms with Crippen molar-refractivity contribution in [2.75, 3.05) is 10.5 Å². The lowest BCUT2D eigenvalue weighted by atomic mass is 10.2. The van der Waals surface area contributed by atoms with Crippen LogP contribution in [0, 0.1) is 12.7 Å². The highest BCUT2D eigenvalue weighted by Crippen LogP contribution is 2.21. The highest BCUT2D eigenvalue weighted by atomic mass is 32.2. The van der Waals surface area contributed by atoms with Crippen LogP contribution in [0.25, 0.3) is 0 Å². The molecule has 0 spiro atoms. The maximum atomic E-state index is 13.3. The first-order valence-electron chi connectivity index (χ1n) is 5.53. The van der Waals surface area contributed by atoms with E-state index < -0.39 is 15.8 Å². The van der Waals surface area contributed by atoms with Crippen LogP contribution in [0.1, 0.15) is 5.56 Å². The van der Waals surface area contributed by atoms with Gasteiger partial charge in [-0.05, 0) is 30.7 Å². The van der Waals surface area contributed by atoms with Gasteiger partial charge in [0.1, 0.15) is 5.82 Å². The van der Waals surface area contributed by atoms with Crippen molar-refractivity contribution >= 4 is 21.4 Å². The molecule has 0 atom stereocenters. The largest absolute Gasteiger partial charge is 0.396 e. The van der Waals surface area contributed by atoms with Gasteiger partial charge >= 0.3 is 0 Å². The average molecular weight is 280 g/mol.